The summed E-state index contributed by atoms with van der Waals surface area (Å²) in [7, 11) is 3.15. The van der Waals surface area contributed by atoms with E-state index in [0.717, 1.165) is 18.4 Å². The van der Waals surface area contributed by atoms with Gasteiger partial charge in [-0.3, -0.25) is 0 Å². The summed E-state index contributed by atoms with van der Waals surface area (Å²) >= 11 is 0. The summed E-state index contributed by atoms with van der Waals surface area (Å²) in [6, 6.07) is 4.60. The van der Waals surface area contributed by atoms with Crippen molar-refractivity contribution in [3.05, 3.63) is 29.6 Å². The monoisotopic (exact) mass is 281 g/mol. The van der Waals surface area contributed by atoms with Crippen molar-refractivity contribution in [2.75, 3.05) is 14.2 Å². The zero-order valence-corrected chi connectivity index (χ0v) is 12.3. The Morgan fingerprint density at radius 3 is 2.45 bits per heavy atom. The van der Waals surface area contributed by atoms with Crippen molar-refractivity contribution in [3.8, 4) is 5.75 Å². The zero-order chi connectivity index (χ0) is 14.5. The van der Waals surface area contributed by atoms with Gasteiger partial charge in [-0.2, -0.15) is 0 Å². The second-order valence-corrected chi connectivity index (χ2v) is 5.52. The van der Waals surface area contributed by atoms with Crippen LogP contribution in [0.2, 0.25) is 0 Å². The first kappa shape index (κ1) is 15.3. The summed E-state index contributed by atoms with van der Waals surface area (Å²) in [5.74, 6) is 0.334. The first-order chi connectivity index (χ1) is 9.67. The molecule has 20 heavy (non-hydrogen) atoms. The number of nitrogens with two attached hydrogens (primary N) is 1. The van der Waals surface area contributed by atoms with Crippen LogP contribution < -0.4 is 10.5 Å². The molecular weight excluding hydrogens is 257 g/mol. The number of ether oxygens (including phenoxy) is 2. The Kier molecular flexibility index (Phi) is 5.38. The molecular formula is C16H24FNO2. The van der Waals surface area contributed by atoms with E-state index in [1.54, 1.807) is 13.2 Å². The number of hydrogen-bond donors (Lipinski definition) is 1. The molecule has 1 aliphatic carbocycles. The van der Waals surface area contributed by atoms with E-state index in [4.69, 9.17) is 15.2 Å². The zero-order valence-electron chi connectivity index (χ0n) is 12.3. The quantitative estimate of drug-likeness (QED) is 0.899. The van der Waals surface area contributed by atoms with Crippen molar-refractivity contribution in [1.82, 2.24) is 0 Å². The van der Waals surface area contributed by atoms with Crippen molar-refractivity contribution < 1.29 is 13.9 Å². The van der Waals surface area contributed by atoms with Gasteiger partial charge in [-0.25, -0.2) is 4.39 Å². The third kappa shape index (κ3) is 3.30. The number of methoxy groups -OCH3 is 2. The van der Waals surface area contributed by atoms with Gasteiger partial charge < -0.3 is 15.2 Å². The molecule has 1 aromatic rings. The Balaban J connectivity index is 2.14. The second kappa shape index (κ2) is 7.04. The molecule has 3 nitrogen and oxygen atoms in total. The van der Waals surface area contributed by atoms with Crippen molar-refractivity contribution in [2.45, 2.75) is 44.2 Å². The number of rotatable bonds is 5. The molecule has 2 atom stereocenters. The smallest absolute Gasteiger partial charge is 0.165 e. The predicted molar refractivity (Wildman–Crippen MR) is 77.3 cm³/mol. The van der Waals surface area contributed by atoms with Crippen LogP contribution in [-0.2, 0) is 4.74 Å². The molecule has 0 amide bonds. The highest BCUT2D eigenvalue weighted by molar-refractivity contribution is 5.31. The topological polar surface area (TPSA) is 44.5 Å². The summed E-state index contributed by atoms with van der Waals surface area (Å²) < 4.78 is 24.4. The molecule has 1 aliphatic rings. The van der Waals surface area contributed by atoms with E-state index in [1.165, 1.54) is 32.4 Å². The minimum absolute atomic E-state index is 0.0527. The lowest BCUT2D eigenvalue weighted by molar-refractivity contribution is 0.0172. The van der Waals surface area contributed by atoms with Gasteiger partial charge in [0, 0.05) is 7.11 Å². The van der Waals surface area contributed by atoms with E-state index in [0.29, 0.717) is 5.92 Å². The first-order valence-electron chi connectivity index (χ1n) is 7.29. The highest BCUT2D eigenvalue weighted by Crippen LogP contribution is 2.33. The van der Waals surface area contributed by atoms with Gasteiger partial charge in [0.2, 0.25) is 0 Å². The molecule has 0 radical (unpaired) electrons. The first-order valence-corrected chi connectivity index (χ1v) is 7.29. The van der Waals surface area contributed by atoms with Crippen LogP contribution in [0.3, 0.4) is 0 Å². The highest BCUT2D eigenvalue weighted by atomic mass is 19.1. The maximum Gasteiger partial charge on any atom is 0.165 e. The number of hydrogen-bond acceptors (Lipinski definition) is 3. The maximum absolute atomic E-state index is 13.8. The Morgan fingerprint density at radius 2 is 1.90 bits per heavy atom. The SMILES string of the molecule is COc1ccc(C(N)C(OC)C2CCCCC2)cc1F. The molecule has 2 rings (SSSR count). The fourth-order valence-electron chi connectivity index (χ4n) is 3.17. The Bertz CT molecular complexity index is 432. The minimum atomic E-state index is -0.376. The molecule has 0 bridgehead atoms. The third-order valence-electron chi connectivity index (χ3n) is 4.30. The number of benzene rings is 1. The maximum atomic E-state index is 13.8. The Morgan fingerprint density at radius 1 is 1.20 bits per heavy atom. The molecule has 1 aromatic carbocycles. The van der Waals surface area contributed by atoms with E-state index in [9.17, 15) is 4.39 Å². The summed E-state index contributed by atoms with van der Waals surface area (Å²) in [5, 5.41) is 0. The Labute approximate surface area is 120 Å². The fourth-order valence-corrected chi connectivity index (χ4v) is 3.17. The van der Waals surface area contributed by atoms with Crippen LogP contribution >= 0.6 is 0 Å². The van der Waals surface area contributed by atoms with Crippen LogP contribution in [0.4, 0.5) is 4.39 Å². The molecule has 1 saturated carbocycles. The molecule has 2 unspecified atom stereocenters. The average molecular weight is 281 g/mol. The van der Waals surface area contributed by atoms with Gasteiger partial charge in [-0.15, -0.1) is 0 Å². The van der Waals surface area contributed by atoms with Gasteiger partial charge in [0.05, 0.1) is 19.3 Å². The summed E-state index contributed by atoms with van der Waals surface area (Å²) in [4.78, 5) is 0. The molecule has 0 heterocycles. The predicted octanol–water partition coefficient (Wildman–Crippen LogP) is 3.43. The van der Waals surface area contributed by atoms with Crippen LogP contribution in [0.5, 0.6) is 5.75 Å². The van der Waals surface area contributed by atoms with Crippen LogP contribution in [-0.4, -0.2) is 20.3 Å². The fraction of sp³-hybridized carbons (Fsp3) is 0.625. The average Bonchev–Trinajstić information content (AvgIpc) is 2.49. The number of halogens is 1. The second-order valence-electron chi connectivity index (χ2n) is 5.52. The standard InChI is InChI=1S/C16H24FNO2/c1-19-14-9-8-12(10-13(14)17)15(18)16(20-2)11-6-4-3-5-7-11/h8-11,15-16H,3-7,18H2,1-2H3. The lowest BCUT2D eigenvalue weighted by atomic mass is 9.81. The lowest BCUT2D eigenvalue weighted by Gasteiger charge is -2.33. The molecule has 0 aliphatic heterocycles. The van der Waals surface area contributed by atoms with Gasteiger partial charge in [-0.1, -0.05) is 25.3 Å². The molecule has 4 heteroatoms. The molecule has 0 saturated heterocycles. The summed E-state index contributed by atoms with van der Waals surface area (Å²) in [6.45, 7) is 0. The van der Waals surface area contributed by atoms with E-state index >= 15 is 0 Å². The van der Waals surface area contributed by atoms with E-state index in [2.05, 4.69) is 0 Å². The van der Waals surface area contributed by atoms with E-state index in [-0.39, 0.29) is 23.7 Å². The van der Waals surface area contributed by atoms with Gasteiger partial charge in [0.1, 0.15) is 0 Å². The minimum Gasteiger partial charge on any atom is -0.494 e. The van der Waals surface area contributed by atoms with Gasteiger partial charge in [0.15, 0.2) is 11.6 Å². The van der Waals surface area contributed by atoms with E-state index < -0.39 is 0 Å². The molecule has 0 aromatic heterocycles. The molecule has 0 spiro atoms. The third-order valence-corrected chi connectivity index (χ3v) is 4.30. The van der Waals surface area contributed by atoms with Crippen molar-refractivity contribution in [1.29, 1.82) is 0 Å². The largest absolute Gasteiger partial charge is 0.494 e. The Hall–Kier alpha value is -1.13. The lowest BCUT2D eigenvalue weighted by Crippen LogP contribution is -2.36. The van der Waals surface area contributed by atoms with Crippen molar-refractivity contribution in [2.24, 2.45) is 11.7 Å². The summed E-state index contributed by atoms with van der Waals surface area (Å²) in [6.07, 6.45) is 5.99. The van der Waals surface area contributed by atoms with Gasteiger partial charge in [-0.05, 0) is 36.5 Å². The molecule has 1 fully saturated rings. The van der Waals surface area contributed by atoms with Gasteiger partial charge >= 0.3 is 0 Å². The van der Waals surface area contributed by atoms with Crippen LogP contribution in [0, 0.1) is 11.7 Å². The van der Waals surface area contributed by atoms with Crippen LogP contribution in [0.15, 0.2) is 18.2 Å². The van der Waals surface area contributed by atoms with E-state index in [1.807, 2.05) is 6.07 Å². The van der Waals surface area contributed by atoms with Crippen molar-refractivity contribution in [3.63, 3.8) is 0 Å². The summed E-state index contributed by atoms with van der Waals surface area (Å²) in [5.41, 5.74) is 7.07. The van der Waals surface area contributed by atoms with Crippen molar-refractivity contribution >= 4 is 0 Å². The normalized spacial score (nSPS) is 19.6. The van der Waals surface area contributed by atoms with Crippen LogP contribution in [0.1, 0.15) is 43.7 Å². The van der Waals surface area contributed by atoms with Crippen LogP contribution in [0.25, 0.3) is 0 Å². The molecule has 112 valence electrons. The molecule has 2 N–H and O–H groups in total. The highest BCUT2D eigenvalue weighted by Gasteiger charge is 2.29. The van der Waals surface area contributed by atoms with Gasteiger partial charge in [0.25, 0.3) is 0 Å².